The third-order valence-electron chi connectivity index (χ3n) is 5.27. The lowest BCUT2D eigenvalue weighted by molar-refractivity contribution is -0.135. The predicted molar refractivity (Wildman–Crippen MR) is 106 cm³/mol. The molecule has 0 saturated carbocycles. The van der Waals surface area contributed by atoms with Crippen molar-refractivity contribution in [2.75, 3.05) is 0 Å². The summed E-state index contributed by atoms with van der Waals surface area (Å²) in [6.07, 6.45) is -0.269. The highest BCUT2D eigenvalue weighted by molar-refractivity contribution is 7.91. The number of carbonyl (C=O) groups is 1. The molecule has 0 amide bonds. The van der Waals surface area contributed by atoms with E-state index in [9.17, 15) is 13.2 Å². The van der Waals surface area contributed by atoms with E-state index in [4.69, 9.17) is 5.11 Å². The fraction of sp³-hybridized carbons (Fsp3) is 0.182. The molecule has 0 bridgehead atoms. The molecule has 1 N–H and O–H groups in total. The van der Waals surface area contributed by atoms with Crippen molar-refractivity contribution in [1.29, 1.82) is 0 Å². The summed E-state index contributed by atoms with van der Waals surface area (Å²) in [7, 11) is -4.12. The Morgan fingerprint density at radius 3 is 2.52 bits per heavy atom. The van der Waals surface area contributed by atoms with Crippen molar-refractivity contribution in [3.8, 4) is 0 Å². The average molecular weight is 411 g/mol. The van der Waals surface area contributed by atoms with E-state index in [2.05, 4.69) is 4.99 Å². The van der Waals surface area contributed by atoms with Crippen LogP contribution in [-0.2, 0) is 14.6 Å². The molecule has 0 radical (unpaired) electrons. The first-order valence-corrected chi connectivity index (χ1v) is 10.5. The van der Waals surface area contributed by atoms with Gasteiger partial charge in [-0.25, -0.2) is 12.8 Å². The monoisotopic (exact) mass is 411 g/mol. The summed E-state index contributed by atoms with van der Waals surface area (Å²) in [5.74, 6) is -1.91. The molecular weight excluding hydrogens is 393 g/mol. The SMILES string of the molecule is Cc1c(F)c(S(=O)(=O)c2ccc3ccccc3c2)cc2c1=C(CC(=O)O)C(C)N=2. The smallest absolute Gasteiger partial charge is 0.307 e. The highest BCUT2D eigenvalue weighted by atomic mass is 32.2. The Hall–Kier alpha value is -3.06. The first kappa shape index (κ1) is 19.3. The number of sulfone groups is 1. The van der Waals surface area contributed by atoms with Crippen LogP contribution in [0, 0.1) is 12.7 Å². The van der Waals surface area contributed by atoms with Crippen LogP contribution in [0.5, 0.6) is 0 Å². The van der Waals surface area contributed by atoms with Crippen LogP contribution >= 0.6 is 0 Å². The molecule has 1 atom stereocenters. The fourth-order valence-corrected chi connectivity index (χ4v) is 5.24. The molecule has 5 nitrogen and oxygen atoms in total. The van der Waals surface area contributed by atoms with Gasteiger partial charge in [-0.15, -0.1) is 0 Å². The van der Waals surface area contributed by atoms with Gasteiger partial charge in [-0.2, -0.15) is 0 Å². The molecule has 1 unspecified atom stereocenters. The van der Waals surface area contributed by atoms with E-state index in [1.54, 1.807) is 25.1 Å². The number of hydrogen-bond acceptors (Lipinski definition) is 4. The Morgan fingerprint density at radius 1 is 1.14 bits per heavy atom. The quantitative estimate of drug-likeness (QED) is 0.716. The van der Waals surface area contributed by atoms with E-state index in [1.165, 1.54) is 25.1 Å². The van der Waals surface area contributed by atoms with E-state index in [0.29, 0.717) is 16.1 Å². The van der Waals surface area contributed by atoms with Crippen LogP contribution in [0.3, 0.4) is 0 Å². The van der Waals surface area contributed by atoms with Gasteiger partial charge in [0, 0.05) is 5.22 Å². The van der Waals surface area contributed by atoms with Gasteiger partial charge in [-0.1, -0.05) is 30.3 Å². The number of halogens is 1. The van der Waals surface area contributed by atoms with Gasteiger partial charge >= 0.3 is 5.97 Å². The zero-order valence-electron chi connectivity index (χ0n) is 15.8. The molecular formula is C22H18FNO4S. The number of aliphatic carboxylic acids is 1. The molecule has 4 rings (SSSR count). The van der Waals surface area contributed by atoms with Gasteiger partial charge in [0.15, 0.2) is 0 Å². The molecule has 0 aromatic heterocycles. The predicted octanol–water partition coefficient (Wildman–Crippen LogP) is 2.77. The summed E-state index contributed by atoms with van der Waals surface area (Å²) in [6, 6.07) is 12.8. The zero-order chi connectivity index (χ0) is 20.9. The van der Waals surface area contributed by atoms with Gasteiger partial charge in [0.05, 0.1) is 22.7 Å². The summed E-state index contributed by atoms with van der Waals surface area (Å²) in [4.78, 5) is 15.1. The lowest BCUT2D eigenvalue weighted by atomic mass is 10.0. The highest BCUT2D eigenvalue weighted by Gasteiger charge is 2.28. The maximum absolute atomic E-state index is 15.2. The maximum Gasteiger partial charge on any atom is 0.307 e. The first-order chi connectivity index (χ1) is 13.7. The number of nitrogens with zero attached hydrogens (tertiary/aromatic N) is 1. The van der Waals surface area contributed by atoms with E-state index in [-0.39, 0.29) is 16.9 Å². The van der Waals surface area contributed by atoms with Gasteiger partial charge in [0.2, 0.25) is 9.84 Å². The van der Waals surface area contributed by atoms with Gasteiger partial charge in [-0.05, 0) is 54.0 Å². The molecule has 1 heterocycles. The Morgan fingerprint density at radius 2 is 1.83 bits per heavy atom. The van der Waals surface area contributed by atoms with Crippen molar-refractivity contribution in [3.05, 3.63) is 70.5 Å². The molecule has 1 aliphatic rings. The first-order valence-electron chi connectivity index (χ1n) is 9.06. The van der Waals surface area contributed by atoms with Crippen molar-refractivity contribution in [2.24, 2.45) is 4.99 Å². The Balaban J connectivity index is 1.96. The van der Waals surface area contributed by atoms with E-state index in [0.717, 1.165) is 10.8 Å². The Bertz CT molecular complexity index is 1410. The summed E-state index contributed by atoms with van der Waals surface area (Å²) in [6.45, 7) is 3.18. The van der Waals surface area contributed by atoms with Gasteiger partial charge in [0.1, 0.15) is 10.7 Å². The molecule has 29 heavy (non-hydrogen) atoms. The number of carboxylic acids is 1. The van der Waals surface area contributed by atoms with Crippen LogP contribution < -0.4 is 10.6 Å². The fourth-order valence-electron chi connectivity index (χ4n) is 3.81. The minimum atomic E-state index is -4.12. The molecule has 3 aromatic rings. The molecule has 3 aromatic carbocycles. The van der Waals surface area contributed by atoms with Crippen molar-refractivity contribution >= 4 is 32.2 Å². The second-order valence-electron chi connectivity index (χ2n) is 7.12. The van der Waals surface area contributed by atoms with Crippen LogP contribution in [0.25, 0.3) is 16.3 Å². The third kappa shape index (κ3) is 3.11. The van der Waals surface area contributed by atoms with Crippen molar-refractivity contribution < 1.29 is 22.7 Å². The number of hydrogen-bond donors (Lipinski definition) is 1. The van der Waals surface area contributed by atoms with Crippen LogP contribution in [0.1, 0.15) is 18.9 Å². The second kappa shape index (κ2) is 6.77. The lowest BCUT2D eigenvalue weighted by Gasteiger charge is -2.10. The summed E-state index contributed by atoms with van der Waals surface area (Å²) in [5.41, 5.74) is 0.588. The van der Waals surface area contributed by atoms with Crippen molar-refractivity contribution in [2.45, 2.75) is 36.1 Å². The van der Waals surface area contributed by atoms with E-state index in [1.807, 2.05) is 12.1 Å². The van der Waals surface area contributed by atoms with Crippen LogP contribution in [0.4, 0.5) is 4.39 Å². The van der Waals surface area contributed by atoms with Crippen molar-refractivity contribution in [3.63, 3.8) is 0 Å². The summed E-state index contributed by atoms with van der Waals surface area (Å²) in [5, 5.41) is 11.5. The Kier molecular flexibility index (Phi) is 4.50. The number of benzene rings is 3. The second-order valence-corrected chi connectivity index (χ2v) is 9.04. The standard InChI is InChI=1S/C22H18FNO4S/c1-12-21-17(10-20(25)26)13(2)24-18(21)11-19(22(12)23)29(27,28)16-8-7-14-5-3-4-6-15(14)9-16/h3-9,11,13H,10H2,1-2H3,(H,25,26). The van der Waals surface area contributed by atoms with Gasteiger partial charge in [0.25, 0.3) is 0 Å². The number of rotatable bonds is 4. The molecule has 1 aliphatic heterocycles. The average Bonchev–Trinajstić information content (AvgIpc) is 2.99. The molecule has 7 heteroatoms. The molecule has 148 valence electrons. The molecule has 0 saturated heterocycles. The largest absolute Gasteiger partial charge is 0.481 e. The van der Waals surface area contributed by atoms with E-state index >= 15 is 4.39 Å². The lowest BCUT2D eigenvalue weighted by Crippen LogP contribution is -2.30. The maximum atomic E-state index is 15.2. The van der Waals surface area contributed by atoms with Gasteiger partial charge < -0.3 is 5.11 Å². The molecule has 0 aliphatic carbocycles. The zero-order valence-corrected chi connectivity index (χ0v) is 16.6. The number of carboxylic acid groups (broad SMARTS) is 1. The normalized spacial score (nSPS) is 16.0. The van der Waals surface area contributed by atoms with Gasteiger partial charge in [-0.3, -0.25) is 9.79 Å². The van der Waals surface area contributed by atoms with Crippen LogP contribution in [-0.4, -0.2) is 25.5 Å². The molecule has 0 spiro atoms. The van der Waals surface area contributed by atoms with Crippen molar-refractivity contribution in [1.82, 2.24) is 0 Å². The van der Waals surface area contributed by atoms with E-state index < -0.39 is 32.6 Å². The number of fused-ring (bicyclic) bond motifs is 2. The Labute approximate surface area is 166 Å². The highest BCUT2D eigenvalue weighted by Crippen LogP contribution is 2.27. The minimum Gasteiger partial charge on any atom is -0.481 e. The van der Waals surface area contributed by atoms with Crippen LogP contribution in [0.2, 0.25) is 0 Å². The van der Waals surface area contributed by atoms with Crippen LogP contribution in [0.15, 0.2) is 63.3 Å². The molecule has 0 fully saturated rings. The minimum absolute atomic E-state index is 0.00441. The topological polar surface area (TPSA) is 83.8 Å². The third-order valence-corrected chi connectivity index (χ3v) is 7.02. The summed E-state index contributed by atoms with van der Waals surface area (Å²) >= 11 is 0. The summed E-state index contributed by atoms with van der Waals surface area (Å²) < 4.78 is 41.6.